The fourth-order valence-corrected chi connectivity index (χ4v) is 3.33. The van der Waals surface area contributed by atoms with Gasteiger partial charge >= 0.3 is 5.97 Å². The van der Waals surface area contributed by atoms with Crippen molar-refractivity contribution in [2.45, 2.75) is 24.8 Å². The number of carbonyl (C=O) groups excluding carboxylic acids is 1. The number of carboxylic acid groups (broad SMARTS) is 1. The Bertz CT molecular complexity index is 580. The second-order valence-corrected chi connectivity index (χ2v) is 6.89. The normalized spacial score (nSPS) is 26.2. The molecule has 2 atom stereocenters. The molecule has 0 aromatic heterocycles. The van der Waals surface area contributed by atoms with E-state index in [0.29, 0.717) is 32.5 Å². The van der Waals surface area contributed by atoms with Crippen LogP contribution in [-0.2, 0) is 19.9 Å². The number of rotatable bonds is 4. The third-order valence-electron chi connectivity index (χ3n) is 4.55. The zero-order chi connectivity index (χ0) is 15.7. The summed E-state index contributed by atoms with van der Waals surface area (Å²) in [4.78, 5) is 23.4. The van der Waals surface area contributed by atoms with E-state index in [4.69, 9.17) is 9.84 Å². The Balaban J connectivity index is 1.79. The molecule has 1 saturated carbocycles. The smallest absolute Gasteiger partial charge is 0.307 e. The summed E-state index contributed by atoms with van der Waals surface area (Å²) in [5.74, 6) is -1.96. The molecular formula is C16H18BrNO4. The van der Waals surface area contributed by atoms with Crippen LogP contribution in [0.4, 0.5) is 0 Å². The topological polar surface area (TPSA) is 75.6 Å². The van der Waals surface area contributed by atoms with Crippen LogP contribution in [0.15, 0.2) is 28.7 Å². The van der Waals surface area contributed by atoms with E-state index in [-0.39, 0.29) is 5.91 Å². The SMILES string of the molecule is O=C(O)C1CC1C(=O)NC1(c2ccc(Br)cc2)CCOCC1. The van der Waals surface area contributed by atoms with Gasteiger partial charge in [-0.05, 0) is 37.0 Å². The molecular weight excluding hydrogens is 350 g/mol. The van der Waals surface area contributed by atoms with Crippen molar-refractivity contribution < 1.29 is 19.4 Å². The van der Waals surface area contributed by atoms with Gasteiger partial charge in [0, 0.05) is 17.7 Å². The molecule has 1 aromatic rings. The van der Waals surface area contributed by atoms with Crippen LogP contribution in [0, 0.1) is 11.8 Å². The number of carbonyl (C=O) groups is 2. The first kappa shape index (κ1) is 15.5. The van der Waals surface area contributed by atoms with E-state index in [2.05, 4.69) is 21.2 Å². The molecule has 2 fully saturated rings. The molecule has 1 saturated heterocycles. The van der Waals surface area contributed by atoms with Crippen LogP contribution < -0.4 is 5.32 Å². The quantitative estimate of drug-likeness (QED) is 0.855. The van der Waals surface area contributed by atoms with Gasteiger partial charge in [-0.15, -0.1) is 0 Å². The van der Waals surface area contributed by atoms with Gasteiger partial charge in [0.25, 0.3) is 0 Å². The number of hydrogen-bond donors (Lipinski definition) is 2. The third-order valence-corrected chi connectivity index (χ3v) is 5.08. The lowest BCUT2D eigenvalue weighted by molar-refractivity contribution is -0.140. The highest BCUT2D eigenvalue weighted by molar-refractivity contribution is 9.10. The Morgan fingerprint density at radius 3 is 2.36 bits per heavy atom. The molecule has 0 bridgehead atoms. The highest BCUT2D eigenvalue weighted by Crippen LogP contribution is 2.41. The molecule has 2 unspecified atom stereocenters. The number of amides is 1. The maximum atomic E-state index is 12.4. The Labute approximate surface area is 137 Å². The number of carboxylic acids is 1. The van der Waals surface area contributed by atoms with Crippen LogP contribution in [0.25, 0.3) is 0 Å². The molecule has 2 aliphatic rings. The molecule has 6 heteroatoms. The van der Waals surface area contributed by atoms with Gasteiger partial charge in [0.1, 0.15) is 0 Å². The Hall–Kier alpha value is -1.40. The Morgan fingerprint density at radius 2 is 1.82 bits per heavy atom. The van der Waals surface area contributed by atoms with E-state index < -0.39 is 23.3 Å². The lowest BCUT2D eigenvalue weighted by Crippen LogP contribution is -2.50. The van der Waals surface area contributed by atoms with Crippen molar-refractivity contribution in [3.63, 3.8) is 0 Å². The van der Waals surface area contributed by atoms with E-state index in [1.165, 1.54) is 0 Å². The van der Waals surface area contributed by atoms with Crippen molar-refractivity contribution in [3.8, 4) is 0 Å². The average molecular weight is 368 g/mol. The zero-order valence-corrected chi connectivity index (χ0v) is 13.6. The summed E-state index contributed by atoms with van der Waals surface area (Å²) >= 11 is 3.42. The van der Waals surface area contributed by atoms with Gasteiger partial charge in [0.15, 0.2) is 0 Å². The minimum Gasteiger partial charge on any atom is -0.481 e. The van der Waals surface area contributed by atoms with Gasteiger partial charge in [-0.25, -0.2) is 0 Å². The first-order valence-electron chi connectivity index (χ1n) is 7.40. The predicted octanol–water partition coefficient (Wildman–Crippen LogP) is 2.29. The largest absolute Gasteiger partial charge is 0.481 e. The second kappa shape index (κ2) is 6.01. The summed E-state index contributed by atoms with van der Waals surface area (Å²) in [6.07, 6.45) is 1.84. The van der Waals surface area contributed by atoms with Crippen molar-refractivity contribution in [1.29, 1.82) is 0 Å². The molecule has 1 aromatic carbocycles. The van der Waals surface area contributed by atoms with Crippen molar-refractivity contribution in [1.82, 2.24) is 5.32 Å². The van der Waals surface area contributed by atoms with E-state index in [9.17, 15) is 9.59 Å². The van der Waals surface area contributed by atoms with E-state index in [0.717, 1.165) is 10.0 Å². The van der Waals surface area contributed by atoms with Crippen molar-refractivity contribution >= 4 is 27.8 Å². The van der Waals surface area contributed by atoms with Gasteiger partial charge < -0.3 is 15.2 Å². The van der Waals surface area contributed by atoms with Gasteiger partial charge in [-0.1, -0.05) is 28.1 Å². The fourth-order valence-electron chi connectivity index (χ4n) is 3.06. The number of nitrogens with one attached hydrogen (secondary N) is 1. The molecule has 5 nitrogen and oxygen atoms in total. The van der Waals surface area contributed by atoms with Crippen molar-refractivity contribution in [2.24, 2.45) is 11.8 Å². The monoisotopic (exact) mass is 367 g/mol. The molecule has 1 aliphatic heterocycles. The average Bonchev–Trinajstić information content (AvgIpc) is 3.29. The number of halogens is 1. The van der Waals surface area contributed by atoms with E-state index in [1.54, 1.807) is 0 Å². The van der Waals surface area contributed by atoms with Gasteiger partial charge in [0.05, 0.1) is 17.4 Å². The summed E-state index contributed by atoms with van der Waals surface area (Å²) in [5.41, 5.74) is 0.585. The van der Waals surface area contributed by atoms with E-state index in [1.807, 2.05) is 24.3 Å². The summed E-state index contributed by atoms with van der Waals surface area (Å²) in [7, 11) is 0. The van der Waals surface area contributed by atoms with Crippen molar-refractivity contribution in [2.75, 3.05) is 13.2 Å². The standard InChI is InChI=1S/C16H18BrNO4/c17-11-3-1-10(2-4-11)16(5-7-22-8-6-16)18-14(19)12-9-13(12)15(20)21/h1-4,12-13H,5-9H2,(H,18,19)(H,20,21). The maximum Gasteiger partial charge on any atom is 0.307 e. The Kier molecular flexibility index (Phi) is 4.23. The molecule has 118 valence electrons. The number of benzene rings is 1. The van der Waals surface area contributed by atoms with Crippen LogP contribution in [0.2, 0.25) is 0 Å². The summed E-state index contributed by atoms with van der Waals surface area (Å²) < 4.78 is 6.42. The lowest BCUT2D eigenvalue weighted by atomic mass is 9.82. The lowest BCUT2D eigenvalue weighted by Gasteiger charge is -2.38. The van der Waals surface area contributed by atoms with Crippen LogP contribution in [0.3, 0.4) is 0 Å². The van der Waals surface area contributed by atoms with Gasteiger partial charge in [0.2, 0.25) is 5.91 Å². The minimum absolute atomic E-state index is 0.155. The molecule has 22 heavy (non-hydrogen) atoms. The van der Waals surface area contributed by atoms with E-state index >= 15 is 0 Å². The fraction of sp³-hybridized carbons (Fsp3) is 0.500. The first-order chi connectivity index (χ1) is 10.5. The Morgan fingerprint density at radius 1 is 1.18 bits per heavy atom. The van der Waals surface area contributed by atoms with Gasteiger partial charge in [-0.3, -0.25) is 9.59 Å². The molecule has 1 heterocycles. The van der Waals surface area contributed by atoms with Crippen LogP contribution in [0.5, 0.6) is 0 Å². The first-order valence-corrected chi connectivity index (χ1v) is 8.20. The molecule has 2 N–H and O–H groups in total. The molecule has 3 rings (SSSR count). The predicted molar refractivity (Wildman–Crippen MR) is 83.2 cm³/mol. The van der Waals surface area contributed by atoms with Crippen LogP contribution in [-0.4, -0.2) is 30.2 Å². The zero-order valence-electron chi connectivity index (χ0n) is 12.0. The molecule has 0 spiro atoms. The summed E-state index contributed by atoms with van der Waals surface area (Å²) in [6.45, 7) is 1.17. The van der Waals surface area contributed by atoms with Crippen molar-refractivity contribution in [3.05, 3.63) is 34.3 Å². The summed E-state index contributed by atoms with van der Waals surface area (Å²) in [5, 5.41) is 12.1. The van der Waals surface area contributed by atoms with Crippen LogP contribution in [0.1, 0.15) is 24.8 Å². The molecule has 0 radical (unpaired) electrons. The molecule has 1 amide bonds. The minimum atomic E-state index is -0.884. The highest BCUT2D eigenvalue weighted by atomic mass is 79.9. The number of ether oxygens (including phenoxy) is 1. The number of hydrogen-bond acceptors (Lipinski definition) is 3. The van der Waals surface area contributed by atoms with Gasteiger partial charge in [-0.2, -0.15) is 0 Å². The third kappa shape index (κ3) is 3.03. The second-order valence-electron chi connectivity index (χ2n) is 5.98. The maximum absolute atomic E-state index is 12.4. The highest BCUT2D eigenvalue weighted by Gasteiger charge is 2.50. The molecule has 1 aliphatic carbocycles. The van der Waals surface area contributed by atoms with Crippen LogP contribution >= 0.6 is 15.9 Å². The summed E-state index contributed by atoms with van der Waals surface area (Å²) in [6, 6.07) is 7.90. The number of aliphatic carboxylic acids is 1.